The van der Waals surface area contributed by atoms with E-state index in [1.165, 1.54) is 4.31 Å². The number of nitrogens with zero attached hydrogens (tertiary/aromatic N) is 1. The molecular formula is C25H27BN2O4S. The number of rotatable bonds is 4. The molecule has 1 aromatic heterocycles. The van der Waals surface area contributed by atoms with Crippen molar-refractivity contribution in [2.75, 3.05) is 0 Å². The molecule has 0 amide bonds. The van der Waals surface area contributed by atoms with E-state index in [0.717, 1.165) is 21.9 Å². The smallest absolute Gasteiger partial charge is 0.399 e. The molecule has 170 valence electrons. The summed E-state index contributed by atoms with van der Waals surface area (Å²) in [5.41, 5.74) is 2.24. The number of hydrogen-bond acceptors (Lipinski definition) is 4. The summed E-state index contributed by atoms with van der Waals surface area (Å²) in [6, 6.07) is 14.6. The van der Waals surface area contributed by atoms with Gasteiger partial charge >= 0.3 is 7.12 Å². The van der Waals surface area contributed by atoms with Crippen LogP contribution in [0.2, 0.25) is 0 Å². The van der Waals surface area contributed by atoms with Crippen molar-refractivity contribution in [3.05, 3.63) is 84.8 Å². The van der Waals surface area contributed by atoms with Crippen LogP contribution in [0.4, 0.5) is 0 Å². The number of fused-ring (bicyclic) bond motifs is 1. The zero-order valence-corrected chi connectivity index (χ0v) is 20.0. The van der Waals surface area contributed by atoms with Crippen LogP contribution in [0, 0.1) is 0 Å². The summed E-state index contributed by atoms with van der Waals surface area (Å²) in [5.74, 6) is -0.0383. The van der Waals surface area contributed by atoms with E-state index in [2.05, 4.69) is 17.1 Å². The van der Waals surface area contributed by atoms with Gasteiger partial charge in [-0.2, -0.15) is 0 Å². The summed E-state index contributed by atoms with van der Waals surface area (Å²) in [7, 11) is -4.03. The number of allylic oxidation sites excluding steroid dienone is 2. The second-order valence-electron chi connectivity index (χ2n) is 9.49. The third-order valence-electron chi connectivity index (χ3n) is 6.82. The lowest BCUT2D eigenvalue weighted by Crippen LogP contribution is -2.41. The number of sulfonamides is 1. The topological polar surface area (TPSA) is 71.6 Å². The van der Waals surface area contributed by atoms with Crippen LogP contribution >= 0.6 is 0 Å². The molecule has 0 atom stereocenters. The summed E-state index contributed by atoms with van der Waals surface area (Å²) in [4.78, 5) is 3.61. The number of aromatic amines is 1. The van der Waals surface area contributed by atoms with Gasteiger partial charge in [0.15, 0.2) is 0 Å². The van der Waals surface area contributed by atoms with Crippen molar-refractivity contribution in [2.24, 2.45) is 0 Å². The number of nitrogens with one attached hydrogen (secondary N) is 1. The van der Waals surface area contributed by atoms with Gasteiger partial charge in [-0.25, -0.2) is 12.7 Å². The second kappa shape index (κ2) is 7.62. The Morgan fingerprint density at radius 2 is 1.58 bits per heavy atom. The van der Waals surface area contributed by atoms with Crippen LogP contribution in [0.25, 0.3) is 10.9 Å². The van der Waals surface area contributed by atoms with E-state index < -0.39 is 28.3 Å². The Kier molecular flexibility index (Phi) is 5.08. The zero-order chi connectivity index (χ0) is 23.4. The first-order valence-electron chi connectivity index (χ1n) is 11.0. The zero-order valence-electron chi connectivity index (χ0n) is 19.1. The molecule has 5 rings (SSSR count). The first-order chi connectivity index (χ1) is 15.6. The molecule has 3 heterocycles. The third-order valence-corrected chi connectivity index (χ3v) is 8.49. The lowest BCUT2D eigenvalue weighted by atomic mass is 9.78. The Hall–Kier alpha value is -2.81. The van der Waals surface area contributed by atoms with E-state index in [4.69, 9.17) is 9.31 Å². The average molecular weight is 462 g/mol. The van der Waals surface area contributed by atoms with Gasteiger partial charge in [0.25, 0.3) is 10.0 Å². The molecule has 8 heteroatoms. The van der Waals surface area contributed by atoms with Crippen molar-refractivity contribution >= 4 is 33.5 Å². The Balaban J connectivity index is 1.38. The van der Waals surface area contributed by atoms with Crippen LogP contribution in [-0.4, -0.2) is 36.0 Å². The third kappa shape index (κ3) is 3.72. The van der Waals surface area contributed by atoms with Crippen molar-refractivity contribution in [2.45, 2.75) is 49.7 Å². The van der Waals surface area contributed by atoms with Gasteiger partial charge < -0.3 is 14.3 Å². The molecule has 1 saturated heterocycles. The van der Waals surface area contributed by atoms with Crippen molar-refractivity contribution in [3.63, 3.8) is 0 Å². The lowest BCUT2D eigenvalue weighted by molar-refractivity contribution is 0.00578. The van der Waals surface area contributed by atoms with E-state index in [9.17, 15) is 8.42 Å². The summed E-state index contributed by atoms with van der Waals surface area (Å²) in [6.07, 6.45) is 8.99. The van der Waals surface area contributed by atoms with Crippen LogP contribution in [0.5, 0.6) is 0 Å². The molecular weight excluding hydrogens is 435 g/mol. The highest BCUT2D eigenvalue weighted by atomic mass is 32.2. The molecule has 3 aromatic rings. The average Bonchev–Trinajstić information content (AvgIpc) is 3.31. The van der Waals surface area contributed by atoms with Crippen LogP contribution in [0.3, 0.4) is 0 Å². The SMILES string of the molecule is CC1(C)OB(c2ccc3c(C4C=CN(S(=O)(=O)c5ccccc5)C=C4)c[nH]c3c2)OC1(C)C. The maximum absolute atomic E-state index is 12.8. The van der Waals surface area contributed by atoms with Crippen LogP contribution in [0.15, 0.2) is 84.2 Å². The number of hydrogen-bond donors (Lipinski definition) is 1. The molecule has 1 fully saturated rings. The first kappa shape index (κ1) is 22.0. The van der Waals surface area contributed by atoms with Gasteiger partial charge in [-0.3, -0.25) is 0 Å². The predicted octanol–water partition coefficient (Wildman–Crippen LogP) is 4.28. The molecule has 0 bridgehead atoms. The van der Waals surface area contributed by atoms with Gasteiger partial charge in [-0.05, 0) is 56.9 Å². The first-order valence-corrected chi connectivity index (χ1v) is 12.4. The van der Waals surface area contributed by atoms with Crippen molar-refractivity contribution in [1.29, 1.82) is 0 Å². The summed E-state index contributed by atoms with van der Waals surface area (Å²) in [6.45, 7) is 8.17. The molecule has 0 radical (unpaired) electrons. The molecule has 2 aromatic carbocycles. The summed E-state index contributed by atoms with van der Waals surface area (Å²) >= 11 is 0. The molecule has 2 aliphatic rings. The minimum atomic E-state index is -3.61. The highest BCUT2D eigenvalue weighted by Gasteiger charge is 2.51. The largest absolute Gasteiger partial charge is 0.494 e. The van der Waals surface area contributed by atoms with Crippen LogP contribution < -0.4 is 5.46 Å². The highest BCUT2D eigenvalue weighted by Crippen LogP contribution is 2.37. The molecule has 6 nitrogen and oxygen atoms in total. The monoisotopic (exact) mass is 462 g/mol. The van der Waals surface area contributed by atoms with Crippen molar-refractivity contribution in [3.8, 4) is 0 Å². The fourth-order valence-corrected chi connectivity index (χ4v) is 5.32. The standard InChI is InChI=1S/C25H27BN2O4S/c1-24(2)25(3,4)32-26(31-24)19-10-11-21-22(17-27-23(21)16-19)18-12-14-28(15-13-18)33(29,30)20-8-6-5-7-9-20/h5-18,27H,1-4H3. The quantitative estimate of drug-likeness (QED) is 0.588. The summed E-state index contributed by atoms with van der Waals surface area (Å²) < 4.78 is 39.3. The lowest BCUT2D eigenvalue weighted by Gasteiger charge is -2.32. The van der Waals surface area contributed by atoms with Crippen molar-refractivity contribution in [1.82, 2.24) is 9.29 Å². The maximum atomic E-state index is 12.8. The van der Waals surface area contributed by atoms with Crippen LogP contribution in [0.1, 0.15) is 39.2 Å². The van der Waals surface area contributed by atoms with Crippen molar-refractivity contribution < 1.29 is 17.7 Å². The van der Waals surface area contributed by atoms with Crippen LogP contribution in [-0.2, 0) is 19.3 Å². The predicted molar refractivity (Wildman–Crippen MR) is 131 cm³/mol. The number of H-pyrrole nitrogens is 1. The van der Waals surface area contributed by atoms with Gasteiger partial charge in [0.05, 0.1) is 16.1 Å². The normalized spacial score (nSPS) is 20.1. The fourth-order valence-electron chi connectivity index (χ4n) is 4.12. The fraction of sp³-hybridized carbons (Fsp3) is 0.280. The van der Waals surface area contributed by atoms with Gasteiger partial charge in [-0.1, -0.05) is 42.5 Å². The highest BCUT2D eigenvalue weighted by molar-refractivity contribution is 7.89. The maximum Gasteiger partial charge on any atom is 0.494 e. The van der Waals surface area contributed by atoms with Gasteiger partial charge in [0.2, 0.25) is 0 Å². The molecule has 0 aliphatic carbocycles. The van der Waals surface area contributed by atoms with E-state index in [0.29, 0.717) is 0 Å². The Morgan fingerprint density at radius 3 is 2.21 bits per heavy atom. The second-order valence-corrected chi connectivity index (χ2v) is 11.3. The molecule has 2 aliphatic heterocycles. The summed E-state index contributed by atoms with van der Waals surface area (Å²) in [5, 5.41) is 1.08. The molecule has 33 heavy (non-hydrogen) atoms. The Bertz CT molecular complexity index is 1330. The van der Waals surface area contributed by atoms with Gasteiger partial charge in [0.1, 0.15) is 0 Å². The van der Waals surface area contributed by atoms with E-state index in [1.54, 1.807) is 42.7 Å². The Labute approximate surface area is 195 Å². The van der Waals surface area contributed by atoms with Gasteiger partial charge in [-0.15, -0.1) is 0 Å². The molecule has 0 saturated carbocycles. The van der Waals surface area contributed by atoms with Gasteiger partial charge in [0, 0.05) is 35.4 Å². The Morgan fingerprint density at radius 1 is 0.939 bits per heavy atom. The molecule has 1 N–H and O–H groups in total. The van der Waals surface area contributed by atoms with E-state index in [-0.39, 0.29) is 10.8 Å². The minimum Gasteiger partial charge on any atom is -0.399 e. The van der Waals surface area contributed by atoms with E-state index in [1.807, 2.05) is 52.1 Å². The molecule has 0 unspecified atom stereocenters. The molecule has 0 spiro atoms. The number of benzene rings is 2. The van der Waals surface area contributed by atoms with E-state index >= 15 is 0 Å². The number of aromatic nitrogens is 1. The minimum absolute atomic E-state index is 0.0383.